The first-order valence-corrected chi connectivity index (χ1v) is 18.0. The van der Waals surface area contributed by atoms with E-state index in [1.807, 2.05) is 34.7 Å². The minimum absolute atomic E-state index is 0.104. The fourth-order valence-electron chi connectivity index (χ4n) is 7.82. The van der Waals surface area contributed by atoms with Crippen molar-refractivity contribution in [2.75, 3.05) is 17.5 Å². The maximum absolute atomic E-state index is 14.3. The van der Waals surface area contributed by atoms with Crippen molar-refractivity contribution >= 4 is 96.8 Å². The zero-order valence-corrected chi connectivity index (χ0v) is 30.4. The van der Waals surface area contributed by atoms with Gasteiger partial charge in [-0.2, -0.15) is 0 Å². The quantitative estimate of drug-likeness (QED) is 0.0789. The number of phenols is 1. The maximum atomic E-state index is 14.3. The Kier molecular flexibility index (Phi) is 8.28. The molecule has 4 aliphatic rings. The number of anilines is 1. The van der Waals surface area contributed by atoms with E-state index in [4.69, 9.17) is 27.9 Å². The van der Waals surface area contributed by atoms with Crippen LogP contribution in [0.1, 0.15) is 40.2 Å². The van der Waals surface area contributed by atoms with Crippen molar-refractivity contribution in [1.82, 2.24) is 4.90 Å². The largest absolute Gasteiger partial charge is 0.504 e. The Morgan fingerprint density at radius 3 is 2.29 bits per heavy atom. The van der Waals surface area contributed by atoms with Gasteiger partial charge in [-0.25, -0.2) is 0 Å². The number of methoxy groups -OCH3 is 1. The van der Waals surface area contributed by atoms with Crippen molar-refractivity contribution in [1.29, 1.82) is 0 Å². The number of rotatable bonds is 6. The molecule has 0 bridgehead atoms. The first-order chi connectivity index (χ1) is 22.9. The van der Waals surface area contributed by atoms with E-state index in [-0.39, 0.29) is 35.6 Å². The lowest BCUT2D eigenvalue weighted by atomic mass is 9.56. The zero-order valence-electron chi connectivity index (χ0n) is 25.2. The number of aromatic hydroxyl groups is 1. The summed E-state index contributed by atoms with van der Waals surface area (Å²) in [5.74, 6) is -5.75. The third-order valence-corrected chi connectivity index (χ3v) is 12.8. The lowest BCUT2D eigenvalue weighted by Gasteiger charge is -2.50. The molecule has 2 aliphatic heterocycles. The van der Waals surface area contributed by atoms with Crippen LogP contribution in [0.15, 0.2) is 78.4 Å². The standard InChI is InChI=1S/C35H26BrCl2IN2O7/c1-48-25-14-19(13-24(39)29(25)43)27-21-11-12-22-26(23(21)15-34(37)32(46)40(16-36)33(47)35(27,34)38)31(45)41(30(22)44)20-9-7-18(8-10-20)28(42)17-5-3-2-4-6-17/h2-11,13-14,22-23,26-27,43H,12,15-16H2,1H3. The van der Waals surface area contributed by atoms with E-state index >= 15 is 0 Å². The summed E-state index contributed by atoms with van der Waals surface area (Å²) < 4.78 is 5.84. The molecule has 2 heterocycles. The molecule has 48 heavy (non-hydrogen) atoms. The van der Waals surface area contributed by atoms with Crippen LogP contribution in [0.5, 0.6) is 11.5 Å². The number of allylic oxidation sites excluding steroid dienone is 2. The van der Waals surface area contributed by atoms with E-state index in [1.54, 1.807) is 60.7 Å². The molecule has 0 spiro atoms. The highest BCUT2D eigenvalue weighted by Gasteiger charge is 2.76. The van der Waals surface area contributed by atoms with Gasteiger partial charge in [-0.15, -0.1) is 23.2 Å². The summed E-state index contributed by atoms with van der Waals surface area (Å²) in [5, 5.41) is 10.6. The van der Waals surface area contributed by atoms with Crippen molar-refractivity contribution in [2.45, 2.75) is 28.5 Å². The Morgan fingerprint density at radius 1 is 0.979 bits per heavy atom. The normalized spacial score (nSPS) is 29.4. The number of ketones is 1. The van der Waals surface area contributed by atoms with Gasteiger partial charge in [0.05, 0.1) is 33.7 Å². The molecule has 0 aromatic heterocycles. The first-order valence-electron chi connectivity index (χ1n) is 15.0. The number of imide groups is 2. The number of hydrogen-bond donors (Lipinski definition) is 1. The predicted molar refractivity (Wildman–Crippen MR) is 190 cm³/mol. The van der Waals surface area contributed by atoms with Crippen LogP contribution in [0.3, 0.4) is 0 Å². The molecule has 246 valence electrons. The summed E-state index contributed by atoms with van der Waals surface area (Å²) in [7, 11) is 1.39. The van der Waals surface area contributed by atoms with Crippen molar-refractivity contribution in [3.8, 4) is 11.5 Å². The van der Waals surface area contributed by atoms with Crippen LogP contribution < -0.4 is 9.64 Å². The van der Waals surface area contributed by atoms with Crippen LogP contribution >= 0.6 is 61.7 Å². The summed E-state index contributed by atoms with van der Waals surface area (Å²) >= 11 is 19.8. The van der Waals surface area contributed by atoms with E-state index in [0.29, 0.717) is 31.5 Å². The number of likely N-dealkylation sites (tertiary alicyclic amines) is 1. The molecule has 0 radical (unpaired) electrons. The molecule has 6 atom stereocenters. The van der Waals surface area contributed by atoms with E-state index in [9.17, 15) is 29.1 Å². The van der Waals surface area contributed by atoms with E-state index in [1.165, 1.54) is 7.11 Å². The van der Waals surface area contributed by atoms with Gasteiger partial charge in [0.25, 0.3) is 11.8 Å². The number of ether oxygens (including phenoxy) is 1. The molecule has 13 heteroatoms. The number of fused-ring (bicyclic) bond motifs is 4. The highest BCUT2D eigenvalue weighted by molar-refractivity contribution is 14.1. The molecule has 3 fully saturated rings. The molecule has 4 amide bonds. The molecular formula is C35H26BrCl2IN2O7. The first kappa shape index (κ1) is 33.2. The van der Waals surface area contributed by atoms with Gasteiger partial charge in [-0.1, -0.05) is 57.9 Å². The molecule has 9 nitrogen and oxygen atoms in total. The minimum Gasteiger partial charge on any atom is -0.504 e. The fourth-order valence-corrected chi connectivity index (χ4v) is 9.87. The average molecular weight is 864 g/mol. The minimum atomic E-state index is -1.98. The van der Waals surface area contributed by atoms with Gasteiger partial charge in [0.15, 0.2) is 27.0 Å². The Bertz CT molecular complexity index is 1960. The summed E-state index contributed by atoms with van der Waals surface area (Å²) in [6, 6.07) is 18.3. The van der Waals surface area contributed by atoms with Gasteiger partial charge in [-0.05, 0) is 83.3 Å². The number of halogens is 4. The molecule has 1 N–H and O–H groups in total. The SMILES string of the molecule is COc1cc(C2C3=CCC4C(=O)N(c5ccc(C(=O)c6ccccc6)cc5)C(=O)C4C3CC3(Cl)C(=O)N(CBr)C(=O)C23Cl)cc(I)c1O. The molecule has 3 aromatic rings. The van der Waals surface area contributed by atoms with Crippen LogP contribution in [0.4, 0.5) is 5.69 Å². The number of amides is 4. The van der Waals surface area contributed by atoms with Crippen molar-refractivity contribution in [3.63, 3.8) is 0 Å². The van der Waals surface area contributed by atoms with Crippen molar-refractivity contribution in [3.05, 3.63) is 98.6 Å². The number of phenolic OH excluding ortho intramolecular Hbond substituents is 1. The van der Waals surface area contributed by atoms with Crippen LogP contribution in [0.2, 0.25) is 0 Å². The number of alkyl halides is 3. The predicted octanol–water partition coefficient (Wildman–Crippen LogP) is 6.15. The monoisotopic (exact) mass is 862 g/mol. The van der Waals surface area contributed by atoms with Crippen LogP contribution in [0, 0.1) is 21.3 Å². The third kappa shape index (κ3) is 4.56. The highest BCUT2D eigenvalue weighted by Crippen LogP contribution is 2.66. The molecule has 7 rings (SSSR count). The Hall–Kier alpha value is -3.26. The summed E-state index contributed by atoms with van der Waals surface area (Å²) in [5.41, 5.74) is 2.19. The van der Waals surface area contributed by atoms with E-state index in [0.717, 1.165) is 9.80 Å². The molecule has 2 saturated heterocycles. The van der Waals surface area contributed by atoms with Gasteiger partial charge < -0.3 is 9.84 Å². The second-order valence-electron chi connectivity index (χ2n) is 12.3. The summed E-state index contributed by atoms with van der Waals surface area (Å²) in [4.78, 5) is 67.3. The average Bonchev–Trinajstić information content (AvgIpc) is 3.43. The number of nitrogens with zero attached hydrogens (tertiary/aromatic N) is 2. The molecule has 6 unspecified atom stereocenters. The number of benzene rings is 3. The smallest absolute Gasteiger partial charge is 0.254 e. The van der Waals surface area contributed by atoms with Gasteiger partial charge in [0.2, 0.25) is 11.8 Å². The Labute approximate surface area is 307 Å². The van der Waals surface area contributed by atoms with Gasteiger partial charge in [0, 0.05) is 17.0 Å². The van der Waals surface area contributed by atoms with Crippen molar-refractivity contribution < 1.29 is 33.8 Å². The molecule has 2 aliphatic carbocycles. The van der Waals surface area contributed by atoms with Gasteiger partial charge >= 0.3 is 0 Å². The van der Waals surface area contributed by atoms with E-state index < -0.39 is 57.0 Å². The number of hydrogen-bond acceptors (Lipinski definition) is 7. The number of carbonyl (C=O) groups excluding carboxylic acids is 5. The molecule has 3 aromatic carbocycles. The number of carbonyl (C=O) groups is 5. The lowest BCUT2D eigenvalue weighted by molar-refractivity contribution is -0.138. The second-order valence-corrected chi connectivity index (χ2v) is 15.2. The Morgan fingerprint density at radius 2 is 1.65 bits per heavy atom. The molecule has 1 saturated carbocycles. The third-order valence-electron chi connectivity index (χ3n) is 10.0. The second kappa shape index (κ2) is 12.0. The maximum Gasteiger partial charge on any atom is 0.254 e. The van der Waals surface area contributed by atoms with Gasteiger partial charge in [-0.3, -0.25) is 33.8 Å². The summed E-state index contributed by atoms with van der Waals surface area (Å²) in [6.07, 6.45) is 1.88. The van der Waals surface area contributed by atoms with Crippen LogP contribution in [-0.4, -0.2) is 61.7 Å². The van der Waals surface area contributed by atoms with Gasteiger partial charge in [0.1, 0.15) is 0 Å². The Balaban J connectivity index is 1.30. The zero-order chi connectivity index (χ0) is 34.3. The van der Waals surface area contributed by atoms with Crippen molar-refractivity contribution in [2.24, 2.45) is 17.8 Å². The fraction of sp³-hybridized carbons (Fsp3) is 0.286. The van der Waals surface area contributed by atoms with Crippen LogP contribution in [-0.2, 0) is 19.2 Å². The highest BCUT2D eigenvalue weighted by atomic mass is 127. The molecular weight excluding hydrogens is 838 g/mol. The summed E-state index contributed by atoms with van der Waals surface area (Å²) in [6.45, 7) is 0. The topological polar surface area (TPSA) is 121 Å². The van der Waals surface area contributed by atoms with Crippen LogP contribution in [0.25, 0.3) is 0 Å². The lowest BCUT2D eigenvalue weighted by Crippen LogP contribution is -2.60. The van der Waals surface area contributed by atoms with E-state index in [2.05, 4.69) is 15.9 Å².